The molecule has 5 heteroatoms. The van der Waals surface area contributed by atoms with Gasteiger partial charge >= 0.3 is 0 Å². The SMILES string of the molecule is CNC(C)c1sc(N(C)c2ccc(F)cc2)nc1C. The molecule has 3 nitrogen and oxygen atoms in total. The lowest BCUT2D eigenvalue weighted by molar-refractivity contribution is 0.628. The van der Waals surface area contributed by atoms with E-state index in [1.165, 1.54) is 17.0 Å². The van der Waals surface area contributed by atoms with E-state index >= 15 is 0 Å². The van der Waals surface area contributed by atoms with Crippen LogP contribution in [0.2, 0.25) is 0 Å². The molecule has 0 fully saturated rings. The third-order valence-corrected chi connectivity index (χ3v) is 4.56. The Morgan fingerprint density at radius 2 is 1.95 bits per heavy atom. The molecule has 1 aromatic heterocycles. The molecule has 2 rings (SSSR count). The second kappa shape index (κ2) is 5.67. The van der Waals surface area contributed by atoms with E-state index in [0.717, 1.165) is 16.5 Å². The summed E-state index contributed by atoms with van der Waals surface area (Å²) in [5, 5.41) is 4.14. The van der Waals surface area contributed by atoms with Crippen LogP contribution < -0.4 is 10.2 Å². The molecular weight excluding hydrogens is 261 g/mol. The first-order valence-electron chi connectivity index (χ1n) is 6.16. The van der Waals surface area contributed by atoms with Crippen molar-refractivity contribution in [2.75, 3.05) is 19.0 Å². The van der Waals surface area contributed by atoms with E-state index in [2.05, 4.69) is 17.2 Å². The van der Waals surface area contributed by atoms with Crippen molar-refractivity contribution in [1.82, 2.24) is 10.3 Å². The molecule has 0 saturated carbocycles. The maximum atomic E-state index is 12.9. The van der Waals surface area contributed by atoms with E-state index in [4.69, 9.17) is 0 Å². The van der Waals surface area contributed by atoms with Crippen molar-refractivity contribution in [3.8, 4) is 0 Å². The normalized spacial score (nSPS) is 12.5. The van der Waals surface area contributed by atoms with E-state index in [0.29, 0.717) is 0 Å². The molecule has 1 aromatic carbocycles. The number of hydrogen-bond acceptors (Lipinski definition) is 4. The predicted molar refractivity (Wildman–Crippen MR) is 78.8 cm³/mol. The Labute approximate surface area is 117 Å². The Morgan fingerprint density at radius 3 is 2.53 bits per heavy atom. The summed E-state index contributed by atoms with van der Waals surface area (Å²) in [5.74, 6) is -0.225. The van der Waals surface area contributed by atoms with Crippen LogP contribution in [0, 0.1) is 12.7 Å². The minimum atomic E-state index is -0.225. The topological polar surface area (TPSA) is 28.2 Å². The summed E-state index contributed by atoms with van der Waals surface area (Å²) in [6.07, 6.45) is 0. The van der Waals surface area contributed by atoms with Gasteiger partial charge in [0.05, 0.1) is 5.69 Å². The van der Waals surface area contributed by atoms with Crippen LogP contribution in [0.5, 0.6) is 0 Å². The first-order chi connectivity index (χ1) is 9.02. The van der Waals surface area contributed by atoms with Gasteiger partial charge in [-0.15, -0.1) is 0 Å². The zero-order valence-electron chi connectivity index (χ0n) is 11.6. The molecule has 19 heavy (non-hydrogen) atoms. The first-order valence-corrected chi connectivity index (χ1v) is 6.98. The number of anilines is 2. The van der Waals surface area contributed by atoms with Gasteiger partial charge in [0, 0.05) is 23.7 Å². The average molecular weight is 279 g/mol. The van der Waals surface area contributed by atoms with Gasteiger partial charge in [-0.1, -0.05) is 11.3 Å². The Balaban J connectivity index is 2.29. The molecule has 0 radical (unpaired) electrons. The molecule has 102 valence electrons. The molecule has 0 amide bonds. The third kappa shape index (κ3) is 2.93. The Bertz CT molecular complexity index is 550. The quantitative estimate of drug-likeness (QED) is 0.926. The van der Waals surface area contributed by atoms with Crippen molar-refractivity contribution in [3.05, 3.63) is 40.7 Å². The van der Waals surface area contributed by atoms with Crippen LogP contribution in [0.15, 0.2) is 24.3 Å². The summed E-state index contributed by atoms with van der Waals surface area (Å²) in [6, 6.07) is 6.72. The van der Waals surface area contributed by atoms with Gasteiger partial charge in [-0.05, 0) is 45.2 Å². The van der Waals surface area contributed by atoms with Crippen LogP contribution in [-0.2, 0) is 0 Å². The molecule has 0 aliphatic carbocycles. The average Bonchev–Trinajstić information content (AvgIpc) is 2.80. The summed E-state index contributed by atoms with van der Waals surface area (Å²) in [5.41, 5.74) is 1.97. The molecule has 0 aliphatic heterocycles. The summed E-state index contributed by atoms with van der Waals surface area (Å²) in [6.45, 7) is 4.13. The molecule has 0 saturated heterocycles. The fourth-order valence-corrected chi connectivity index (χ4v) is 2.95. The van der Waals surface area contributed by atoms with Crippen LogP contribution in [0.3, 0.4) is 0 Å². The maximum Gasteiger partial charge on any atom is 0.190 e. The number of aromatic nitrogens is 1. The third-order valence-electron chi connectivity index (χ3n) is 3.15. The van der Waals surface area contributed by atoms with Crippen molar-refractivity contribution in [3.63, 3.8) is 0 Å². The van der Waals surface area contributed by atoms with Gasteiger partial charge in [0.15, 0.2) is 5.13 Å². The molecule has 0 aliphatic rings. The maximum absolute atomic E-state index is 12.9. The van der Waals surface area contributed by atoms with Gasteiger partial charge in [-0.2, -0.15) is 0 Å². The lowest BCUT2D eigenvalue weighted by atomic mass is 10.2. The predicted octanol–water partition coefficient (Wildman–Crippen LogP) is 3.64. The fourth-order valence-electron chi connectivity index (χ4n) is 1.85. The Hall–Kier alpha value is -1.46. The zero-order valence-corrected chi connectivity index (χ0v) is 12.4. The van der Waals surface area contributed by atoms with Crippen LogP contribution in [0.1, 0.15) is 23.5 Å². The van der Waals surface area contributed by atoms with Gasteiger partial charge in [-0.25, -0.2) is 9.37 Å². The van der Waals surface area contributed by atoms with Crippen LogP contribution >= 0.6 is 11.3 Å². The van der Waals surface area contributed by atoms with E-state index < -0.39 is 0 Å². The largest absolute Gasteiger partial charge is 0.321 e. The number of aryl methyl sites for hydroxylation is 1. The Morgan fingerprint density at radius 1 is 1.32 bits per heavy atom. The number of thiazole rings is 1. The molecule has 0 bridgehead atoms. The minimum Gasteiger partial charge on any atom is -0.321 e. The zero-order chi connectivity index (χ0) is 14.0. The molecule has 1 unspecified atom stereocenters. The second-order valence-electron chi connectivity index (χ2n) is 4.49. The number of nitrogens with one attached hydrogen (secondary N) is 1. The Kier molecular flexibility index (Phi) is 4.17. The van der Waals surface area contributed by atoms with Gasteiger partial charge < -0.3 is 10.2 Å². The summed E-state index contributed by atoms with van der Waals surface area (Å²) < 4.78 is 12.9. The van der Waals surface area contributed by atoms with Crippen molar-refractivity contribution >= 4 is 22.2 Å². The molecule has 1 N–H and O–H groups in total. The number of hydrogen-bond donors (Lipinski definition) is 1. The minimum absolute atomic E-state index is 0.225. The van der Waals surface area contributed by atoms with E-state index in [-0.39, 0.29) is 11.9 Å². The van der Waals surface area contributed by atoms with Crippen LogP contribution in [-0.4, -0.2) is 19.1 Å². The summed E-state index contributed by atoms with van der Waals surface area (Å²) >= 11 is 1.66. The van der Waals surface area contributed by atoms with Crippen molar-refractivity contribution in [2.45, 2.75) is 19.9 Å². The van der Waals surface area contributed by atoms with Crippen molar-refractivity contribution in [1.29, 1.82) is 0 Å². The molecular formula is C14H18FN3S. The van der Waals surface area contributed by atoms with Crippen LogP contribution in [0.4, 0.5) is 15.2 Å². The first kappa shape index (κ1) is 14.0. The fraction of sp³-hybridized carbons (Fsp3) is 0.357. The van der Waals surface area contributed by atoms with E-state index in [1.807, 2.05) is 25.9 Å². The number of halogens is 1. The monoisotopic (exact) mass is 279 g/mol. The lowest BCUT2D eigenvalue weighted by Crippen LogP contribution is -2.11. The number of benzene rings is 1. The van der Waals surface area contributed by atoms with Gasteiger partial charge in [-0.3, -0.25) is 0 Å². The highest BCUT2D eigenvalue weighted by Gasteiger charge is 2.16. The molecule has 1 atom stereocenters. The van der Waals surface area contributed by atoms with Gasteiger partial charge in [0.25, 0.3) is 0 Å². The summed E-state index contributed by atoms with van der Waals surface area (Å²) in [4.78, 5) is 7.79. The number of rotatable bonds is 4. The highest BCUT2D eigenvalue weighted by atomic mass is 32.1. The molecule has 2 aromatic rings. The summed E-state index contributed by atoms with van der Waals surface area (Å²) in [7, 11) is 3.88. The van der Waals surface area contributed by atoms with Crippen molar-refractivity contribution in [2.24, 2.45) is 0 Å². The molecule has 0 spiro atoms. The van der Waals surface area contributed by atoms with E-state index in [9.17, 15) is 4.39 Å². The molecule has 1 heterocycles. The smallest absolute Gasteiger partial charge is 0.190 e. The van der Waals surface area contributed by atoms with Crippen LogP contribution in [0.25, 0.3) is 0 Å². The standard InChI is InChI=1S/C14H18FN3S/c1-9(16-3)13-10(2)17-14(19-13)18(4)12-7-5-11(15)6-8-12/h5-9,16H,1-4H3. The van der Waals surface area contributed by atoms with Crippen molar-refractivity contribution < 1.29 is 4.39 Å². The van der Waals surface area contributed by atoms with Gasteiger partial charge in [0.2, 0.25) is 0 Å². The number of nitrogens with zero attached hydrogens (tertiary/aromatic N) is 2. The van der Waals surface area contributed by atoms with E-state index in [1.54, 1.807) is 23.5 Å². The second-order valence-corrected chi connectivity index (χ2v) is 5.50. The highest BCUT2D eigenvalue weighted by molar-refractivity contribution is 7.15. The lowest BCUT2D eigenvalue weighted by Gasteiger charge is -2.15. The highest BCUT2D eigenvalue weighted by Crippen LogP contribution is 2.33. The van der Waals surface area contributed by atoms with Gasteiger partial charge in [0.1, 0.15) is 5.82 Å².